The first-order valence-electron chi connectivity index (χ1n) is 13.7. The molecule has 0 heterocycles. The standard InChI is InChI=1S/C30H38N4O9/c1-19(2)15-23(34-30(41)43-18-21-11-7-4-8-12-21)27(38)26(31)24(35)16-32-28(39)22(13-14-25(36)37)33-29(40)42-17-20-9-5-3-6-10-20/h3-12,19,22-23,26H,13-18,31H2,1-2H3,(H,32,39)(H,33,40)(H,34,41)(H,36,37)/t22-,23-,26?/m0/s1. The Kier molecular flexibility index (Phi) is 14.3. The van der Waals surface area contributed by atoms with Crippen molar-refractivity contribution < 1.29 is 43.3 Å². The fourth-order valence-electron chi connectivity index (χ4n) is 3.85. The highest BCUT2D eigenvalue weighted by molar-refractivity contribution is 6.10. The molecule has 0 aliphatic heterocycles. The van der Waals surface area contributed by atoms with E-state index >= 15 is 0 Å². The Morgan fingerprint density at radius 3 is 1.74 bits per heavy atom. The van der Waals surface area contributed by atoms with Crippen LogP contribution < -0.4 is 21.7 Å². The minimum atomic E-state index is -1.68. The van der Waals surface area contributed by atoms with Crippen LogP contribution in [0.15, 0.2) is 60.7 Å². The topological polar surface area (TPSA) is 203 Å². The highest BCUT2D eigenvalue weighted by Gasteiger charge is 2.32. The Bertz CT molecular complexity index is 1240. The molecule has 0 aliphatic carbocycles. The maximum absolute atomic E-state index is 13.1. The smallest absolute Gasteiger partial charge is 0.408 e. The lowest BCUT2D eigenvalue weighted by Crippen LogP contribution is -2.55. The van der Waals surface area contributed by atoms with Gasteiger partial charge in [0, 0.05) is 6.42 Å². The van der Waals surface area contributed by atoms with Gasteiger partial charge >= 0.3 is 18.2 Å². The number of ether oxygens (including phenoxy) is 2. The average Bonchev–Trinajstić information content (AvgIpc) is 2.99. The molecule has 0 bridgehead atoms. The number of carbonyl (C=O) groups excluding carboxylic acids is 5. The lowest BCUT2D eigenvalue weighted by molar-refractivity contribution is -0.137. The van der Waals surface area contributed by atoms with Crippen molar-refractivity contribution in [3.8, 4) is 0 Å². The zero-order valence-corrected chi connectivity index (χ0v) is 24.1. The highest BCUT2D eigenvalue weighted by Crippen LogP contribution is 2.09. The van der Waals surface area contributed by atoms with Gasteiger partial charge < -0.3 is 36.3 Å². The van der Waals surface area contributed by atoms with E-state index < -0.39 is 66.7 Å². The molecule has 0 aromatic heterocycles. The van der Waals surface area contributed by atoms with Gasteiger partial charge in [-0.25, -0.2) is 9.59 Å². The molecule has 0 saturated heterocycles. The molecule has 0 fully saturated rings. The molecule has 2 rings (SSSR count). The summed E-state index contributed by atoms with van der Waals surface area (Å²) in [6.07, 6.45) is -2.38. The fraction of sp³-hybridized carbons (Fsp3) is 0.400. The zero-order chi connectivity index (χ0) is 31.8. The van der Waals surface area contributed by atoms with Crippen LogP contribution in [0.3, 0.4) is 0 Å². The van der Waals surface area contributed by atoms with E-state index in [1.807, 2.05) is 19.9 Å². The van der Waals surface area contributed by atoms with Gasteiger partial charge in [-0.15, -0.1) is 0 Å². The molecule has 0 spiro atoms. The number of carbonyl (C=O) groups is 6. The van der Waals surface area contributed by atoms with Gasteiger partial charge in [-0.05, 0) is 29.9 Å². The van der Waals surface area contributed by atoms with Crippen LogP contribution in [0.25, 0.3) is 0 Å². The quantitative estimate of drug-likeness (QED) is 0.168. The molecule has 13 heteroatoms. The predicted octanol–water partition coefficient (Wildman–Crippen LogP) is 2.07. The summed E-state index contributed by atoms with van der Waals surface area (Å²) >= 11 is 0. The summed E-state index contributed by atoms with van der Waals surface area (Å²) in [6.45, 7) is 2.85. The molecule has 1 unspecified atom stereocenters. The maximum atomic E-state index is 13.1. The second-order valence-electron chi connectivity index (χ2n) is 10.1. The first kappa shape index (κ1) is 34.4. The summed E-state index contributed by atoms with van der Waals surface area (Å²) in [6, 6.07) is 13.5. The number of carboxylic acid groups (broad SMARTS) is 1. The number of benzene rings is 2. The fourth-order valence-corrected chi connectivity index (χ4v) is 3.85. The number of alkyl carbamates (subject to hydrolysis) is 2. The van der Waals surface area contributed by atoms with Crippen molar-refractivity contribution in [2.24, 2.45) is 11.7 Å². The molecule has 0 saturated carbocycles. The molecular formula is C30H38N4O9. The third-order valence-electron chi connectivity index (χ3n) is 6.11. The molecule has 2 aromatic carbocycles. The van der Waals surface area contributed by atoms with Crippen LogP contribution in [-0.2, 0) is 41.9 Å². The van der Waals surface area contributed by atoms with Crippen LogP contribution in [0.5, 0.6) is 0 Å². The monoisotopic (exact) mass is 598 g/mol. The normalized spacial score (nSPS) is 12.7. The van der Waals surface area contributed by atoms with Crippen LogP contribution >= 0.6 is 0 Å². The molecule has 3 atom stereocenters. The number of ketones is 2. The summed E-state index contributed by atoms with van der Waals surface area (Å²) in [7, 11) is 0. The number of Topliss-reactive ketones (excluding diaryl/α,β-unsaturated/α-hetero) is 2. The van der Waals surface area contributed by atoms with Crippen molar-refractivity contribution in [3.05, 3.63) is 71.8 Å². The first-order valence-corrected chi connectivity index (χ1v) is 13.7. The van der Waals surface area contributed by atoms with E-state index in [0.29, 0.717) is 5.56 Å². The van der Waals surface area contributed by atoms with Crippen molar-refractivity contribution in [3.63, 3.8) is 0 Å². The predicted molar refractivity (Wildman–Crippen MR) is 154 cm³/mol. The van der Waals surface area contributed by atoms with Crippen molar-refractivity contribution >= 4 is 35.6 Å². The molecule has 13 nitrogen and oxygen atoms in total. The van der Waals surface area contributed by atoms with E-state index in [4.69, 9.17) is 20.3 Å². The van der Waals surface area contributed by atoms with Crippen LogP contribution in [0.4, 0.5) is 9.59 Å². The van der Waals surface area contributed by atoms with Gasteiger partial charge in [0.15, 0.2) is 11.6 Å². The molecule has 0 radical (unpaired) electrons. The van der Waals surface area contributed by atoms with E-state index in [-0.39, 0.29) is 32.0 Å². The first-order chi connectivity index (χ1) is 20.5. The second kappa shape index (κ2) is 17.9. The number of nitrogens with two attached hydrogens (primary N) is 1. The SMILES string of the molecule is CC(C)C[C@H](NC(=O)OCc1ccccc1)C(=O)C(N)C(=O)CNC(=O)[C@H](CCC(=O)O)NC(=O)OCc1ccccc1. The Morgan fingerprint density at radius 1 is 0.791 bits per heavy atom. The van der Waals surface area contributed by atoms with Gasteiger partial charge in [0.25, 0.3) is 0 Å². The lowest BCUT2D eigenvalue weighted by Gasteiger charge is -2.22. The Hall–Kier alpha value is -4.78. The van der Waals surface area contributed by atoms with Crippen LogP contribution in [-0.4, -0.2) is 65.4 Å². The Morgan fingerprint density at radius 2 is 1.28 bits per heavy atom. The summed E-state index contributed by atoms with van der Waals surface area (Å²) in [5.74, 6) is -3.74. The maximum Gasteiger partial charge on any atom is 0.408 e. The van der Waals surface area contributed by atoms with Crippen molar-refractivity contribution in [2.75, 3.05) is 6.54 Å². The van der Waals surface area contributed by atoms with E-state index in [1.165, 1.54) is 0 Å². The van der Waals surface area contributed by atoms with Gasteiger partial charge in [-0.3, -0.25) is 19.2 Å². The van der Waals surface area contributed by atoms with Crippen LogP contribution in [0, 0.1) is 5.92 Å². The summed E-state index contributed by atoms with van der Waals surface area (Å²) < 4.78 is 10.3. The molecule has 0 aliphatic rings. The van der Waals surface area contributed by atoms with Gasteiger partial charge in [-0.2, -0.15) is 0 Å². The second-order valence-corrected chi connectivity index (χ2v) is 10.1. The molecule has 232 valence electrons. The van der Waals surface area contributed by atoms with E-state index in [2.05, 4.69) is 16.0 Å². The molecular weight excluding hydrogens is 560 g/mol. The number of aliphatic carboxylic acids is 1. The minimum Gasteiger partial charge on any atom is -0.481 e. The summed E-state index contributed by atoms with van der Waals surface area (Å²) in [5, 5.41) is 16.1. The molecule has 43 heavy (non-hydrogen) atoms. The van der Waals surface area contributed by atoms with Crippen LogP contribution in [0.2, 0.25) is 0 Å². The third-order valence-corrected chi connectivity index (χ3v) is 6.11. The van der Waals surface area contributed by atoms with Crippen molar-refractivity contribution in [1.82, 2.24) is 16.0 Å². The Labute approximate surface area is 249 Å². The molecule has 6 N–H and O–H groups in total. The lowest BCUT2D eigenvalue weighted by atomic mass is 9.94. The number of carboxylic acids is 1. The van der Waals surface area contributed by atoms with Gasteiger partial charge in [0.2, 0.25) is 5.91 Å². The minimum absolute atomic E-state index is 0.0246. The number of rotatable bonds is 17. The third kappa shape index (κ3) is 13.2. The van der Waals surface area contributed by atoms with E-state index in [0.717, 1.165) is 5.56 Å². The number of hydrogen-bond donors (Lipinski definition) is 5. The van der Waals surface area contributed by atoms with Gasteiger partial charge in [0.05, 0.1) is 12.6 Å². The number of amides is 3. The largest absolute Gasteiger partial charge is 0.481 e. The highest BCUT2D eigenvalue weighted by atomic mass is 16.6. The molecule has 2 aromatic rings. The summed E-state index contributed by atoms with van der Waals surface area (Å²) in [5.41, 5.74) is 7.34. The van der Waals surface area contributed by atoms with E-state index in [1.54, 1.807) is 54.6 Å². The van der Waals surface area contributed by atoms with Crippen molar-refractivity contribution in [1.29, 1.82) is 0 Å². The number of nitrogens with one attached hydrogen (secondary N) is 3. The van der Waals surface area contributed by atoms with E-state index in [9.17, 15) is 28.8 Å². The Balaban J connectivity index is 1.94. The zero-order valence-electron chi connectivity index (χ0n) is 24.1. The van der Waals surface area contributed by atoms with Crippen molar-refractivity contribution in [2.45, 2.75) is 64.4 Å². The summed E-state index contributed by atoms with van der Waals surface area (Å²) in [4.78, 5) is 74.2. The van der Waals surface area contributed by atoms with Gasteiger partial charge in [0.1, 0.15) is 25.3 Å². The average molecular weight is 599 g/mol. The molecule has 3 amide bonds. The van der Waals surface area contributed by atoms with Crippen LogP contribution in [0.1, 0.15) is 44.2 Å². The van der Waals surface area contributed by atoms with Gasteiger partial charge in [-0.1, -0.05) is 74.5 Å². The number of hydrogen-bond acceptors (Lipinski definition) is 9.